The number of hydrogen-bond donors (Lipinski definition) is 0. The molecule has 0 amide bonds. The summed E-state index contributed by atoms with van der Waals surface area (Å²) in [7, 11) is 0. The van der Waals surface area contributed by atoms with E-state index in [1.165, 1.54) is 6.33 Å². The molecule has 0 saturated carbocycles. The number of fused-ring (bicyclic) bond motifs is 3. The van der Waals surface area contributed by atoms with Gasteiger partial charge in [-0.3, -0.25) is 4.98 Å². The van der Waals surface area contributed by atoms with Crippen molar-refractivity contribution in [3.63, 3.8) is 0 Å². The van der Waals surface area contributed by atoms with Gasteiger partial charge in [-0.05, 0) is 38.1 Å². The molecule has 1 aromatic carbocycles. The van der Waals surface area contributed by atoms with Crippen molar-refractivity contribution < 1.29 is 18.9 Å². The van der Waals surface area contributed by atoms with E-state index < -0.39 is 12.0 Å². The third-order valence-electron chi connectivity index (χ3n) is 5.94. The Hall–Kier alpha value is -2.49. The Kier molecular flexibility index (Phi) is 4.97. The number of halogens is 2. The van der Waals surface area contributed by atoms with Gasteiger partial charge < -0.3 is 23.5 Å². The zero-order valence-electron chi connectivity index (χ0n) is 17.8. The molecular weight excluding hydrogens is 467 g/mol. The van der Waals surface area contributed by atoms with Crippen LogP contribution >= 0.6 is 23.2 Å². The summed E-state index contributed by atoms with van der Waals surface area (Å²) in [6, 6.07) is 9.26. The molecule has 0 spiro atoms. The molecule has 4 aromatic rings. The fourth-order valence-corrected chi connectivity index (χ4v) is 4.93. The number of hydrogen-bond acceptors (Lipinski definition) is 7. The number of rotatable bonds is 4. The second-order valence-electron chi connectivity index (χ2n) is 8.54. The van der Waals surface area contributed by atoms with E-state index in [-0.39, 0.29) is 24.9 Å². The summed E-state index contributed by atoms with van der Waals surface area (Å²) in [6.07, 6.45) is 3.52. The zero-order chi connectivity index (χ0) is 22.7. The molecule has 5 heterocycles. The monoisotopic (exact) mass is 486 g/mol. The van der Waals surface area contributed by atoms with E-state index in [9.17, 15) is 0 Å². The maximum absolute atomic E-state index is 6.39. The van der Waals surface area contributed by atoms with Gasteiger partial charge in [0.05, 0.1) is 15.9 Å². The number of aromatic nitrogens is 4. The average Bonchev–Trinajstić information content (AvgIpc) is 3.44. The van der Waals surface area contributed by atoms with E-state index >= 15 is 0 Å². The Morgan fingerprint density at radius 3 is 2.76 bits per heavy atom. The Morgan fingerprint density at radius 2 is 1.88 bits per heavy atom. The third-order valence-corrected chi connectivity index (χ3v) is 6.57. The van der Waals surface area contributed by atoms with Gasteiger partial charge in [-0.25, -0.2) is 9.97 Å². The molecule has 170 valence electrons. The van der Waals surface area contributed by atoms with Crippen LogP contribution in [-0.2, 0) is 14.2 Å². The zero-order valence-corrected chi connectivity index (χ0v) is 19.3. The van der Waals surface area contributed by atoms with Gasteiger partial charge in [-0.15, -0.1) is 0 Å². The molecule has 4 atom stereocenters. The van der Waals surface area contributed by atoms with Crippen LogP contribution in [0.2, 0.25) is 10.2 Å². The van der Waals surface area contributed by atoms with Crippen molar-refractivity contribution in [2.45, 2.75) is 44.2 Å². The third kappa shape index (κ3) is 3.62. The van der Waals surface area contributed by atoms with E-state index in [0.717, 1.165) is 16.3 Å². The van der Waals surface area contributed by atoms with Crippen LogP contribution in [0.3, 0.4) is 0 Å². The fourth-order valence-electron chi connectivity index (χ4n) is 4.52. The van der Waals surface area contributed by atoms with E-state index in [0.29, 0.717) is 21.6 Å². The molecule has 33 heavy (non-hydrogen) atoms. The predicted octanol–water partition coefficient (Wildman–Crippen LogP) is 4.78. The van der Waals surface area contributed by atoms with Gasteiger partial charge in [0.15, 0.2) is 12.0 Å². The lowest BCUT2D eigenvalue weighted by Crippen LogP contribution is -2.33. The van der Waals surface area contributed by atoms with Crippen molar-refractivity contribution in [1.29, 1.82) is 0 Å². The van der Waals surface area contributed by atoms with Crippen LogP contribution in [0.4, 0.5) is 0 Å². The Morgan fingerprint density at radius 1 is 1.03 bits per heavy atom. The molecule has 0 unspecified atom stereocenters. The fraction of sp³-hybridized carbons (Fsp3) is 0.348. The summed E-state index contributed by atoms with van der Waals surface area (Å²) in [5.74, 6) is -0.0700. The van der Waals surface area contributed by atoms with Crippen molar-refractivity contribution in [3.05, 3.63) is 59.2 Å². The highest BCUT2D eigenvalue weighted by Crippen LogP contribution is 2.44. The van der Waals surface area contributed by atoms with Gasteiger partial charge in [-0.1, -0.05) is 23.2 Å². The van der Waals surface area contributed by atoms with Gasteiger partial charge in [0.25, 0.3) is 0 Å². The highest BCUT2D eigenvalue weighted by Gasteiger charge is 2.56. The number of pyridine rings is 1. The molecule has 0 radical (unpaired) electrons. The Balaban J connectivity index is 1.27. The van der Waals surface area contributed by atoms with Crippen molar-refractivity contribution in [1.82, 2.24) is 19.5 Å². The van der Waals surface area contributed by atoms with Crippen LogP contribution in [0.15, 0.2) is 49.1 Å². The lowest BCUT2D eigenvalue weighted by Gasteiger charge is -2.25. The largest absolute Gasteiger partial charge is 0.491 e. The molecule has 0 N–H and O–H groups in total. The van der Waals surface area contributed by atoms with Crippen LogP contribution in [0, 0.1) is 0 Å². The summed E-state index contributed by atoms with van der Waals surface area (Å²) in [5, 5.41) is 2.66. The number of ether oxygens (including phenoxy) is 4. The topological polar surface area (TPSA) is 80.5 Å². The summed E-state index contributed by atoms with van der Waals surface area (Å²) in [4.78, 5) is 12.8. The molecule has 0 bridgehead atoms. The normalized spacial score (nSPS) is 26.2. The van der Waals surface area contributed by atoms with Crippen LogP contribution in [0.1, 0.15) is 20.1 Å². The van der Waals surface area contributed by atoms with Gasteiger partial charge in [0.2, 0.25) is 0 Å². The van der Waals surface area contributed by atoms with Crippen molar-refractivity contribution in [2.75, 3.05) is 6.61 Å². The van der Waals surface area contributed by atoms with E-state index in [1.54, 1.807) is 12.3 Å². The highest BCUT2D eigenvalue weighted by molar-refractivity contribution is 6.35. The van der Waals surface area contributed by atoms with Gasteiger partial charge in [-0.2, -0.15) is 0 Å². The minimum atomic E-state index is -0.741. The summed E-state index contributed by atoms with van der Waals surface area (Å²) in [5.41, 5.74) is 1.44. The first-order valence-corrected chi connectivity index (χ1v) is 11.3. The molecule has 2 aliphatic rings. The first kappa shape index (κ1) is 21.1. The first-order chi connectivity index (χ1) is 15.9. The highest BCUT2D eigenvalue weighted by atomic mass is 35.5. The molecule has 8 nitrogen and oxygen atoms in total. The predicted molar refractivity (Wildman–Crippen MR) is 123 cm³/mol. The smallest absolute Gasteiger partial charge is 0.164 e. The molecule has 6 rings (SSSR count). The van der Waals surface area contributed by atoms with Crippen LogP contribution in [0.5, 0.6) is 5.75 Å². The summed E-state index contributed by atoms with van der Waals surface area (Å²) < 4.78 is 26.8. The van der Waals surface area contributed by atoms with Crippen LogP contribution in [0.25, 0.3) is 21.9 Å². The number of nitrogens with zero attached hydrogens (tertiary/aromatic N) is 4. The van der Waals surface area contributed by atoms with Gasteiger partial charge in [0.1, 0.15) is 47.8 Å². The van der Waals surface area contributed by atoms with E-state index in [1.807, 2.05) is 48.9 Å². The molecule has 3 aromatic heterocycles. The van der Waals surface area contributed by atoms with Gasteiger partial charge >= 0.3 is 0 Å². The standard InChI is InChI=1S/C23H20Cl2N4O4/c1-23(2)32-18-17(10-30-12-3-4-13-15(24)5-7-26-16(13)9-12)31-22(19(18)33-23)29-8-6-14-20(25)27-11-28-21(14)29/h3-9,11,17-19,22H,10H2,1-2H3/t17-,18-,19-,22-/m1/s1. The quantitative estimate of drug-likeness (QED) is 0.383. The second-order valence-corrected chi connectivity index (χ2v) is 9.30. The average molecular weight is 487 g/mol. The number of benzene rings is 1. The SMILES string of the molecule is CC1(C)O[C@@H]2[C@H](O1)[C@@H](COc1ccc3c(Cl)ccnc3c1)O[C@H]2n1ccc2c(Cl)ncnc21. The van der Waals surface area contributed by atoms with E-state index in [2.05, 4.69) is 15.0 Å². The minimum Gasteiger partial charge on any atom is -0.491 e. The molecule has 2 aliphatic heterocycles. The van der Waals surface area contributed by atoms with Crippen LogP contribution < -0.4 is 4.74 Å². The minimum absolute atomic E-state index is 0.276. The Labute approximate surface area is 199 Å². The van der Waals surface area contributed by atoms with Crippen LogP contribution in [-0.4, -0.2) is 50.2 Å². The second kappa shape index (κ2) is 7.78. The summed E-state index contributed by atoms with van der Waals surface area (Å²) in [6.45, 7) is 4.07. The lowest BCUT2D eigenvalue weighted by molar-refractivity contribution is -0.198. The van der Waals surface area contributed by atoms with E-state index in [4.69, 9.17) is 42.1 Å². The summed E-state index contributed by atoms with van der Waals surface area (Å²) >= 11 is 12.5. The maximum Gasteiger partial charge on any atom is 0.164 e. The molecule has 10 heteroatoms. The molecule has 2 fully saturated rings. The van der Waals surface area contributed by atoms with Gasteiger partial charge in [0, 0.05) is 23.8 Å². The Bertz CT molecular complexity index is 1360. The van der Waals surface area contributed by atoms with Crippen molar-refractivity contribution >= 4 is 45.1 Å². The van der Waals surface area contributed by atoms with Crippen molar-refractivity contribution in [3.8, 4) is 5.75 Å². The molecule has 0 aliphatic carbocycles. The lowest BCUT2D eigenvalue weighted by atomic mass is 10.1. The maximum atomic E-state index is 6.39. The van der Waals surface area contributed by atoms with Crippen molar-refractivity contribution in [2.24, 2.45) is 0 Å². The molecule has 2 saturated heterocycles. The first-order valence-electron chi connectivity index (χ1n) is 10.5. The molecular formula is C23H20Cl2N4O4.